The van der Waals surface area contributed by atoms with Crippen LogP contribution in [-0.2, 0) is 4.74 Å². The minimum atomic E-state index is 0.444. The van der Waals surface area contributed by atoms with Crippen molar-refractivity contribution in [2.24, 2.45) is 5.92 Å². The van der Waals surface area contributed by atoms with Crippen molar-refractivity contribution in [1.29, 1.82) is 0 Å². The van der Waals surface area contributed by atoms with Crippen LogP contribution in [0.25, 0.3) is 0 Å². The average molecular weight is 144 g/mol. The first-order valence-electron chi connectivity index (χ1n) is 4.28. The lowest BCUT2D eigenvalue weighted by Crippen LogP contribution is -2.11. The molecule has 1 heteroatoms. The molecule has 0 aromatic rings. The molecule has 0 radical (unpaired) electrons. The first-order chi connectivity index (χ1) is 4.66. The molecule has 0 fully saturated rings. The van der Waals surface area contributed by atoms with Crippen LogP contribution in [-0.4, -0.2) is 12.7 Å². The Morgan fingerprint density at radius 2 is 1.80 bits per heavy atom. The molecule has 0 heterocycles. The molecule has 1 nitrogen and oxygen atoms in total. The molecule has 10 heavy (non-hydrogen) atoms. The fourth-order valence-corrected chi connectivity index (χ4v) is 1.05. The molecule has 0 bridgehead atoms. The van der Waals surface area contributed by atoms with Gasteiger partial charge in [-0.15, -0.1) is 0 Å². The SMILES string of the molecule is CCCOC(C)CC(C)C. The minimum absolute atomic E-state index is 0.444. The van der Waals surface area contributed by atoms with E-state index in [1.54, 1.807) is 0 Å². The lowest BCUT2D eigenvalue weighted by Gasteiger charge is -2.13. The van der Waals surface area contributed by atoms with Crippen molar-refractivity contribution in [3.05, 3.63) is 0 Å². The number of hydrogen-bond donors (Lipinski definition) is 0. The van der Waals surface area contributed by atoms with Crippen molar-refractivity contribution >= 4 is 0 Å². The quantitative estimate of drug-likeness (QED) is 0.576. The third-order valence-electron chi connectivity index (χ3n) is 1.41. The van der Waals surface area contributed by atoms with Gasteiger partial charge in [0, 0.05) is 6.61 Å². The molecule has 0 spiro atoms. The molecule has 0 saturated carbocycles. The zero-order chi connectivity index (χ0) is 7.98. The molecule has 0 N–H and O–H groups in total. The standard InChI is InChI=1S/C9H20O/c1-5-6-10-9(4)7-8(2)3/h8-9H,5-7H2,1-4H3. The highest BCUT2D eigenvalue weighted by molar-refractivity contribution is 4.53. The van der Waals surface area contributed by atoms with Crippen molar-refractivity contribution in [3.8, 4) is 0 Å². The molecule has 0 rings (SSSR count). The summed E-state index contributed by atoms with van der Waals surface area (Å²) in [6.45, 7) is 9.66. The maximum absolute atomic E-state index is 5.50. The van der Waals surface area contributed by atoms with Crippen LogP contribution >= 0.6 is 0 Å². The zero-order valence-electron chi connectivity index (χ0n) is 7.68. The Labute approximate surface area is 64.8 Å². The van der Waals surface area contributed by atoms with Gasteiger partial charge < -0.3 is 4.74 Å². The molecule has 62 valence electrons. The Balaban J connectivity index is 3.16. The van der Waals surface area contributed by atoms with Crippen LogP contribution in [0.4, 0.5) is 0 Å². The van der Waals surface area contributed by atoms with Gasteiger partial charge in [0.1, 0.15) is 0 Å². The van der Waals surface area contributed by atoms with Gasteiger partial charge in [0.25, 0.3) is 0 Å². The van der Waals surface area contributed by atoms with Crippen LogP contribution in [0.3, 0.4) is 0 Å². The summed E-state index contributed by atoms with van der Waals surface area (Å²) in [4.78, 5) is 0. The summed E-state index contributed by atoms with van der Waals surface area (Å²) in [5, 5.41) is 0. The topological polar surface area (TPSA) is 9.23 Å². The summed E-state index contributed by atoms with van der Waals surface area (Å²) in [5.41, 5.74) is 0. The Bertz CT molecular complexity index is 69.1. The van der Waals surface area contributed by atoms with Gasteiger partial charge in [-0.25, -0.2) is 0 Å². The van der Waals surface area contributed by atoms with E-state index in [2.05, 4.69) is 27.7 Å². The lowest BCUT2D eigenvalue weighted by molar-refractivity contribution is 0.0525. The van der Waals surface area contributed by atoms with Gasteiger partial charge in [-0.2, -0.15) is 0 Å². The smallest absolute Gasteiger partial charge is 0.0549 e. The zero-order valence-corrected chi connectivity index (χ0v) is 7.68. The molecule has 0 aliphatic carbocycles. The molecule has 0 aliphatic heterocycles. The Hall–Kier alpha value is -0.0400. The molecule has 0 aliphatic rings. The Morgan fingerprint density at radius 3 is 2.20 bits per heavy atom. The molecule has 0 aromatic carbocycles. The first-order valence-corrected chi connectivity index (χ1v) is 4.28. The van der Waals surface area contributed by atoms with Crippen LogP contribution in [0, 0.1) is 5.92 Å². The Morgan fingerprint density at radius 1 is 1.20 bits per heavy atom. The second-order valence-corrected chi connectivity index (χ2v) is 3.31. The fraction of sp³-hybridized carbons (Fsp3) is 1.00. The van der Waals surface area contributed by atoms with E-state index in [1.165, 1.54) is 6.42 Å². The maximum atomic E-state index is 5.50. The second-order valence-electron chi connectivity index (χ2n) is 3.31. The summed E-state index contributed by atoms with van der Waals surface area (Å²) in [5.74, 6) is 0.756. The summed E-state index contributed by atoms with van der Waals surface area (Å²) in [6.07, 6.45) is 2.75. The van der Waals surface area contributed by atoms with Crippen LogP contribution in [0.1, 0.15) is 40.5 Å². The van der Waals surface area contributed by atoms with Gasteiger partial charge in [0.05, 0.1) is 6.10 Å². The predicted octanol–water partition coefficient (Wildman–Crippen LogP) is 2.85. The van der Waals surface area contributed by atoms with E-state index in [4.69, 9.17) is 4.74 Å². The van der Waals surface area contributed by atoms with Gasteiger partial charge >= 0.3 is 0 Å². The van der Waals surface area contributed by atoms with E-state index in [1.807, 2.05) is 0 Å². The summed E-state index contributed by atoms with van der Waals surface area (Å²) < 4.78 is 5.50. The normalized spacial score (nSPS) is 14.1. The van der Waals surface area contributed by atoms with Crippen LogP contribution in [0.15, 0.2) is 0 Å². The highest BCUT2D eigenvalue weighted by Gasteiger charge is 2.03. The van der Waals surface area contributed by atoms with E-state index in [0.717, 1.165) is 18.9 Å². The fourth-order valence-electron chi connectivity index (χ4n) is 1.05. The molecule has 0 aromatic heterocycles. The third-order valence-corrected chi connectivity index (χ3v) is 1.41. The van der Waals surface area contributed by atoms with E-state index in [-0.39, 0.29) is 0 Å². The van der Waals surface area contributed by atoms with Gasteiger partial charge in [0.15, 0.2) is 0 Å². The van der Waals surface area contributed by atoms with Crippen molar-refractivity contribution in [2.75, 3.05) is 6.61 Å². The van der Waals surface area contributed by atoms with Crippen molar-refractivity contribution in [1.82, 2.24) is 0 Å². The largest absolute Gasteiger partial charge is 0.379 e. The second kappa shape index (κ2) is 5.72. The van der Waals surface area contributed by atoms with E-state index < -0.39 is 0 Å². The monoisotopic (exact) mass is 144 g/mol. The summed E-state index contributed by atoms with van der Waals surface area (Å²) in [6, 6.07) is 0. The highest BCUT2D eigenvalue weighted by Crippen LogP contribution is 2.07. The number of hydrogen-bond acceptors (Lipinski definition) is 1. The lowest BCUT2D eigenvalue weighted by atomic mass is 10.1. The Kier molecular flexibility index (Phi) is 5.70. The van der Waals surface area contributed by atoms with E-state index in [9.17, 15) is 0 Å². The van der Waals surface area contributed by atoms with Crippen LogP contribution in [0.5, 0.6) is 0 Å². The highest BCUT2D eigenvalue weighted by atomic mass is 16.5. The van der Waals surface area contributed by atoms with Crippen LogP contribution in [0.2, 0.25) is 0 Å². The predicted molar refractivity (Wildman–Crippen MR) is 45.2 cm³/mol. The first kappa shape index (κ1) is 9.96. The molecule has 0 saturated heterocycles. The minimum Gasteiger partial charge on any atom is -0.379 e. The average Bonchev–Trinajstić information content (AvgIpc) is 1.82. The molecular weight excluding hydrogens is 124 g/mol. The van der Waals surface area contributed by atoms with Gasteiger partial charge in [-0.05, 0) is 25.7 Å². The van der Waals surface area contributed by atoms with E-state index >= 15 is 0 Å². The number of ether oxygens (including phenoxy) is 1. The summed E-state index contributed by atoms with van der Waals surface area (Å²) >= 11 is 0. The van der Waals surface area contributed by atoms with Gasteiger partial charge in [-0.3, -0.25) is 0 Å². The maximum Gasteiger partial charge on any atom is 0.0549 e. The van der Waals surface area contributed by atoms with E-state index in [0.29, 0.717) is 6.10 Å². The third kappa shape index (κ3) is 6.09. The van der Waals surface area contributed by atoms with Gasteiger partial charge in [0.2, 0.25) is 0 Å². The van der Waals surface area contributed by atoms with Crippen molar-refractivity contribution < 1.29 is 4.74 Å². The molecule has 1 atom stereocenters. The van der Waals surface area contributed by atoms with Crippen molar-refractivity contribution in [2.45, 2.75) is 46.6 Å². The molecule has 1 unspecified atom stereocenters. The van der Waals surface area contributed by atoms with Gasteiger partial charge in [-0.1, -0.05) is 20.8 Å². The molecule has 0 amide bonds. The summed E-state index contributed by atoms with van der Waals surface area (Å²) in [7, 11) is 0. The number of rotatable bonds is 5. The molecular formula is C9H20O. The van der Waals surface area contributed by atoms with Crippen molar-refractivity contribution in [3.63, 3.8) is 0 Å². The van der Waals surface area contributed by atoms with Crippen LogP contribution < -0.4 is 0 Å².